The van der Waals surface area contributed by atoms with E-state index in [1.807, 2.05) is 30.5 Å². The van der Waals surface area contributed by atoms with Crippen LogP contribution in [0.1, 0.15) is 10.4 Å². The predicted octanol–water partition coefficient (Wildman–Crippen LogP) is 3.82. The van der Waals surface area contributed by atoms with Gasteiger partial charge in [-0.2, -0.15) is 0 Å². The molecule has 0 fully saturated rings. The molecule has 0 unspecified atom stereocenters. The number of para-hydroxylation sites is 1. The Morgan fingerprint density at radius 1 is 1.23 bits per heavy atom. The van der Waals surface area contributed by atoms with Crippen LogP contribution in [0.2, 0.25) is 0 Å². The summed E-state index contributed by atoms with van der Waals surface area (Å²) in [6.07, 6.45) is 1.93. The van der Waals surface area contributed by atoms with Gasteiger partial charge in [0.1, 0.15) is 11.3 Å². The average Bonchev–Trinajstić information content (AvgIpc) is 3.07. The lowest BCUT2D eigenvalue weighted by Crippen LogP contribution is -2.21. The molecule has 0 aliphatic carbocycles. The van der Waals surface area contributed by atoms with Crippen molar-refractivity contribution in [3.8, 4) is 5.75 Å². The summed E-state index contributed by atoms with van der Waals surface area (Å²) in [6, 6.07) is 12.7. The highest BCUT2D eigenvalue weighted by atomic mass is 32.2. The van der Waals surface area contributed by atoms with Crippen molar-refractivity contribution in [3.05, 3.63) is 48.0 Å². The maximum atomic E-state index is 12.2. The van der Waals surface area contributed by atoms with E-state index in [9.17, 15) is 9.59 Å². The van der Waals surface area contributed by atoms with E-state index in [0.29, 0.717) is 10.9 Å². The van der Waals surface area contributed by atoms with Crippen molar-refractivity contribution in [1.29, 1.82) is 0 Å². The predicted molar refractivity (Wildman–Crippen MR) is 103 cm³/mol. The number of carbonyl (C=O) groups excluding carboxylic acids is 2. The molecule has 0 radical (unpaired) electrons. The number of carbonyl (C=O) groups is 2. The molecule has 3 aromatic rings. The molecule has 0 saturated heterocycles. The van der Waals surface area contributed by atoms with E-state index in [1.54, 1.807) is 18.2 Å². The van der Waals surface area contributed by atoms with Gasteiger partial charge in [-0.15, -0.1) is 11.8 Å². The number of thioether (sulfide) groups is 1. The molecule has 0 atom stereocenters. The standard InChI is InChI=1S/C18H16N2O4S2/c1-23-14-9-11(25-2)7-8-12(14)17(22)24-10-16(21)20-18-19-13-5-3-4-6-15(13)26-18/h3-9H,10H2,1-2H3,(H,19,20,21). The fourth-order valence-corrected chi connectivity index (χ4v) is 3.57. The highest BCUT2D eigenvalue weighted by Gasteiger charge is 2.16. The molecule has 0 aliphatic rings. The normalized spacial score (nSPS) is 10.5. The Labute approximate surface area is 158 Å². The topological polar surface area (TPSA) is 77.5 Å². The molecule has 6 nitrogen and oxygen atoms in total. The van der Waals surface area contributed by atoms with E-state index in [2.05, 4.69) is 10.3 Å². The number of rotatable bonds is 6. The van der Waals surface area contributed by atoms with Crippen molar-refractivity contribution in [3.63, 3.8) is 0 Å². The minimum absolute atomic E-state index is 0.276. The molecule has 0 aliphatic heterocycles. The molecule has 1 aromatic heterocycles. The summed E-state index contributed by atoms with van der Waals surface area (Å²) in [4.78, 5) is 29.5. The number of nitrogens with one attached hydrogen (secondary N) is 1. The number of anilines is 1. The third kappa shape index (κ3) is 4.14. The summed E-state index contributed by atoms with van der Waals surface area (Å²) < 4.78 is 11.3. The number of fused-ring (bicyclic) bond motifs is 1. The fourth-order valence-electron chi connectivity index (χ4n) is 2.26. The first-order valence-corrected chi connectivity index (χ1v) is 9.69. The molecule has 0 saturated carbocycles. The summed E-state index contributed by atoms with van der Waals surface area (Å²) in [5.41, 5.74) is 1.08. The van der Waals surface area contributed by atoms with Crippen molar-refractivity contribution in [2.75, 3.05) is 25.3 Å². The van der Waals surface area contributed by atoms with E-state index in [4.69, 9.17) is 9.47 Å². The average molecular weight is 388 g/mol. The number of thiazole rings is 1. The third-order valence-corrected chi connectivity index (χ3v) is 5.18. The fraction of sp³-hybridized carbons (Fsp3) is 0.167. The van der Waals surface area contributed by atoms with Crippen LogP contribution in [0.3, 0.4) is 0 Å². The SMILES string of the molecule is COc1cc(SC)ccc1C(=O)OCC(=O)Nc1nc2ccccc2s1. The smallest absolute Gasteiger partial charge is 0.342 e. The first-order chi connectivity index (χ1) is 12.6. The molecule has 134 valence electrons. The molecule has 1 amide bonds. The van der Waals surface area contributed by atoms with E-state index < -0.39 is 18.5 Å². The van der Waals surface area contributed by atoms with Crippen LogP contribution in [-0.2, 0) is 9.53 Å². The number of aromatic nitrogens is 1. The van der Waals surface area contributed by atoms with Crippen LogP contribution in [-0.4, -0.2) is 36.8 Å². The van der Waals surface area contributed by atoms with Crippen molar-refractivity contribution < 1.29 is 19.1 Å². The van der Waals surface area contributed by atoms with Crippen LogP contribution in [0.4, 0.5) is 5.13 Å². The molecular formula is C18H16N2O4S2. The van der Waals surface area contributed by atoms with Crippen LogP contribution < -0.4 is 10.1 Å². The van der Waals surface area contributed by atoms with Gasteiger partial charge in [-0.05, 0) is 36.6 Å². The Kier molecular flexibility index (Phi) is 5.75. The van der Waals surface area contributed by atoms with Gasteiger partial charge in [-0.25, -0.2) is 9.78 Å². The molecule has 0 bridgehead atoms. The number of amides is 1. The van der Waals surface area contributed by atoms with Crippen LogP contribution >= 0.6 is 23.1 Å². The van der Waals surface area contributed by atoms with Crippen molar-refractivity contribution in [1.82, 2.24) is 4.98 Å². The quantitative estimate of drug-likeness (QED) is 0.511. The van der Waals surface area contributed by atoms with Gasteiger partial charge in [0.25, 0.3) is 5.91 Å². The van der Waals surface area contributed by atoms with Gasteiger partial charge in [-0.1, -0.05) is 23.5 Å². The molecule has 26 heavy (non-hydrogen) atoms. The number of esters is 1. The second-order valence-electron chi connectivity index (χ2n) is 5.18. The van der Waals surface area contributed by atoms with Gasteiger partial charge < -0.3 is 9.47 Å². The Hall–Kier alpha value is -2.58. The maximum absolute atomic E-state index is 12.2. The monoisotopic (exact) mass is 388 g/mol. The summed E-state index contributed by atoms with van der Waals surface area (Å²) in [6.45, 7) is -0.401. The zero-order valence-electron chi connectivity index (χ0n) is 14.1. The van der Waals surface area contributed by atoms with Gasteiger partial charge >= 0.3 is 5.97 Å². The number of hydrogen-bond acceptors (Lipinski definition) is 7. The van der Waals surface area contributed by atoms with Gasteiger partial charge in [0, 0.05) is 4.90 Å². The Balaban J connectivity index is 1.61. The van der Waals surface area contributed by atoms with Gasteiger partial charge in [-0.3, -0.25) is 10.1 Å². The number of benzene rings is 2. The van der Waals surface area contributed by atoms with Crippen molar-refractivity contribution in [2.45, 2.75) is 4.90 Å². The number of methoxy groups -OCH3 is 1. The van der Waals surface area contributed by atoms with Gasteiger partial charge in [0.15, 0.2) is 11.7 Å². The minimum atomic E-state index is -0.617. The number of hydrogen-bond donors (Lipinski definition) is 1. The van der Waals surface area contributed by atoms with Crippen LogP contribution in [0.25, 0.3) is 10.2 Å². The van der Waals surface area contributed by atoms with Crippen LogP contribution in [0, 0.1) is 0 Å². The Bertz CT molecular complexity index is 922. The maximum Gasteiger partial charge on any atom is 0.342 e. The molecule has 1 N–H and O–H groups in total. The number of ether oxygens (including phenoxy) is 2. The van der Waals surface area contributed by atoms with E-state index in [1.165, 1.54) is 30.2 Å². The van der Waals surface area contributed by atoms with Gasteiger partial charge in [0.05, 0.1) is 17.3 Å². The first-order valence-electron chi connectivity index (χ1n) is 7.65. The Morgan fingerprint density at radius 3 is 2.77 bits per heavy atom. The van der Waals surface area contributed by atoms with Crippen LogP contribution in [0.5, 0.6) is 5.75 Å². The summed E-state index contributed by atoms with van der Waals surface area (Å²) in [7, 11) is 1.48. The minimum Gasteiger partial charge on any atom is -0.496 e. The van der Waals surface area contributed by atoms with Crippen LogP contribution in [0.15, 0.2) is 47.4 Å². The lowest BCUT2D eigenvalue weighted by Gasteiger charge is -2.09. The highest BCUT2D eigenvalue weighted by molar-refractivity contribution is 7.98. The summed E-state index contributed by atoms with van der Waals surface area (Å²) in [5.74, 6) is -0.653. The lowest BCUT2D eigenvalue weighted by molar-refractivity contribution is -0.119. The van der Waals surface area contributed by atoms with E-state index >= 15 is 0 Å². The second-order valence-corrected chi connectivity index (χ2v) is 7.09. The number of nitrogens with zero attached hydrogens (tertiary/aromatic N) is 1. The lowest BCUT2D eigenvalue weighted by atomic mass is 10.2. The summed E-state index contributed by atoms with van der Waals surface area (Å²) in [5, 5.41) is 3.11. The highest BCUT2D eigenvalue weighted by Crippen LogP contribution is 2.26. The molecule has 3 rings (SSSR count). The second kappa shape index (κ2) is 8.20. The summed E-state index contributed by atoms with van der Waals surface area (Å²) >= 11 is 2.90. The largest absolute Gasteiger partial charge is 0.496 e. The first kappa shape index (κ1) is 18.2. The van der Waals surface area contributed by atoms with E-state index in [-0.39, 0.29) is 5.56 Å². The molecule has 1 heterocycles. The molecular weight excluding hydrogens is 372 g/mol. The van der Waals surface area contributed by atoms with Crippen molar-refractivity contribution in [2.24, 2.45) is 0 Å². The molecule has 8 heteroatoms. The molecule has 2 aromatic carbocycles. The third-order valence-electron chi connectivity index (χ3n) is 3.50. The van der Waals surface area contributed by atoms with Crippen molar-refractivity contribution >= 4 is 50.3 Å². The Morgan fingerprint density at radius 2 is 2.04 bits per heavy atom. The van der Waals surface area contributed by atoms with E-state index in [0.717, 1.165) is 15.1 Å². The zero-order chi connectivity index (χ0) is 18.5. The van der Waals surface area contributed by atoms with Gasteiger partial charge in [0.2, 0.25) is 0 Å². The zero-order valence-corrected chi connectivity index (χ0v) is 15.8. The molecule has 0 spiro atoms.